The van der Waals surface area contributed by atoms with E-state index in [0.29, 0.717) is 39.4 Å². The highest BCUT2D eigenvalue weighted by Gasteiger charge is 2.35. The molecule has 232 valence electrons. The molecule has 2 aromatic heterocycles. The highest BCUT2D eigenvalue weighted by Crippen LogP contribution is 2.38. The molecule has 0 radical (unpaired) electrons. The van der Waals surface area contributed by atoms with Crippen LogP contribution in [-0.2, 0) is 28.9 Å². The Hall–Kier alpha value is -4.27. The van der Waals surface area contributed by atoms with Crippen molar-refractivity contribution in [1.29, 1.82) is 0 Å². The van der Waals surface area contributed by atoms with Crippen LogP contribution in [0.5, 0.6) is 17.2 Å². The number of fused-ring (bicyclic) bond motifs is 1. The number of halogens is 2. The van der Waals surface area contributed by atoms with Crippen LogP contribution in [0, 0.1) is 16.3 Å². The average molecular weight is 727 g/mol. The molecule has 1 aliphatic heterocycles. The van der Waals surface area contributed by atoms with Gasteiger partial charge in [0.25, 0.3) is 11.1 Å². The van der Waals surface area contributed by atoms with Crippen molar-refractivity contribution in [3.8, 4) is 22.9 Å². The lowest BCUT2D eigenvalue weighted by atomic mass is 10.0. The minimum absolute atomic E-state index is 0.0763. The normalized spacial score (nSPS) is 14.2. The molecule has 10 nitrogen and oxygen atoms in total. The van der Waals surface area contributed by atoms with Crippen LogP contribution >= 0.6 is 22.6 Å². The number of benzene rings is 3. The minimum atomic E-state index is -0.994. The fourth-order valence-corrected chi connectivity index (χ4v) is 6.03. The summed E-state index contributed by atoms with van der Waals surface area (Å²) in [5.41, 5.74) is -0.299. The molecule has 0 aliphatic carbocycles. The number of pyridine rings is 1. The molecule has 0 amide bonds. The molecule has 1 saturated heterocycles. The van der Waals surface area contributed by atoms with Crippen LogP contribution in [0.25, 0.3) is 16.7 Å². The number of hydrogen-bond acceptors (Lipinski definition) is 7. The van der Waals surface area contributed by atoms with Gasteiger partial charge in [-0.25, -0.2) is 13.8 Å². The zero-order chi connectivity index (χ0) is 32.0. The van der Waals surface area contributed by atoms with E-state index in [4.69, 9.17) is 18.9 Å². The molecule has 0 atom stereocenters. The summed E-state index contributed by atoms with van der Waals surface area (Å²) < 4.78 is 42.6. The van der Waals surface area contributed by atoms with Crippen molar-refractivity contribution in [2.45, 2.75) is 26.2 Å². The summed E-state index contributed by atoms with van der Waals surface area (Å²) in [5.74, 6) is -0.825. The molecule has 5 aromatic rings. The van der Waals surface area contributed by atoms with Crippen LogP contribution in [0.2, 0.25) is 0 Å². The van der Waals surface area contributed by atoms with E-state index >= 15 is 4.39 Å². The summed E-state index contributed by atoms with van der Waals surface area (Å²) >= 11 is 1.97. The summed E-state index contributed by atoms with van der Waals surface area (Å²) in [6.45, 7) is 4.36. The van der Waals surface area contributed by atoms with Gasteiger partial charge in [0.2, 0.25) is 0 Å². The van der Waals surface area contributed by atoms with Gasteiger partial charge < -0.3 is 18.9 Å². The van der Waals surface area contributed by atoms with Crippen molar-refractivity contribution >= 4 is 33.6 Å². The number of nitrogens with zero attached hydrogens (tertiary/aromatic N) is 3. The third kappa shape index (κ3) is 5.47. The van der Waals surface area contributed by atoms with Crippen molar-refractivity contribution in [1.82, 2.24) is 13.7 Å². The van der Waals surface area contributed by atoms with Crippen LogP contribution < -0.4 is 26.3 Å². The van der Waals surface area contributed by atoms with Crippen molar-refractivity contribution in [2.75, 3.05) is 20.3 Å². The van der Waals surface area contributed by atoms with Gasteiger partial charge in [0.05, 0.1) is 32.6 Å². The van der Waals surface area contributed by atoms with Crippen molar-refractivity contribution in [3.05, 3.63) is 124 Å². The summed E-state index contributed by atoms with van der Waals surface area (Å²) in [6, 6.07) is 17.7. The van der Waals surface area contributed by atoms with Gasteiger partial charge in [-0.2, -0.15) is 0 Å². The fourth-order valence-electron chi connectivity index (χ4n) is 5.58. The van der Waals surface area contributed by atoms with Gasteiger partial charge in [-0.05, 0) is 78.4 Å². The van der Waals surface area contributed by atoms with E-state index in [1.807, 2.05) is 42.5 Å². The summed E-state index contributed by atoms with van der Waals surface area (Å²) in [6.07, 6.45) is 0. The molecule has 0 N–H and O–H groups in total. The lowest BCUT2D eigenvalue weighted by molar-refractivity contribution is -0.150. The number of ether oxygens (including phenoxy) is 4. The van der Waals surface area contributed by atoms with Gasteiger partial charge in [0, 0.05) is 27.8 Å². The molecule has 0 unspecified atom stereocenters. The highest BCUT2D eigenvalue weighted by atomic mass is 127. The third-order valence-electron chi connectivity index (χ3n) is 7.95. The number of rotatable bonds is 7. The SMILES string of the molecule is COc1ccc(Cn2c(=O)c3c(Oc4cccc(C5(C)OCCO5)c4C)cc(=O)n(C)c3n(-c3ccc(I)cc3F)[13c]2=O)cc1. The third-order valence-corrected chi connectivity index (χ3v) is 8.62. The second kappa shape index (κ2) is 11.9. The van der Waals surface area contributed by atoms with Gasteiger partial charge in [0.15, 0.2) is 5.79 Å². The Morgan fingerprint density at radius 2 is 1.69 bits per heavy atom. The molecule has 3 heterocycles. The molecule has 0 bridgehead atoms. The average Bonchev–Trinajstić information content (AvgIpc) is 3.46. The van der Waals surface area contributed by atoms with Crippen molar-refractivity contribution in [3.63, 3.8) is 0 Å². The lowest BCUT2D eigenvalue weighted by Crippen LogP contribution is -2.42. The fraction of sp³-hybridized carbons (Fsp3) is 0.242. The van der Waals surface area contributed by atoms with Crippen molar-refractivity contribution < 1.29 is 23.3 Å². The Kier molecular flexibility index (Phi) is 8.14. The second-order valence-corrected chi connectivity index (χ2v) is 12.0. The number of aromatic nitrogens is 3. The molecule has 3 aromatic carbocycles. The number of methoxy groups -OCH3 is 1. The minimum Gasteiger partial charge on any atom is -0.497 e. The van der Waals surface area contributed by atoms with Gasteiger partial charge in [0.1, 0.15) is 34.1 Å². The topological polar surface area (TPSA) is 103 Å². The monoisotopic (exact) mass is 726 g/mol. The first-order valence-electron chi connectivity index (χ1n) is 14.1. The second-order valence-electron chi connectivity index (χ2n) is 10.7. The van der Waals surface area contributed by atoms with E-state index in [0.717, 1.165) is 19.3 Å². The van der Waals surface area contributed by atoms with Crippen LogP contribution in [-0.4, -0.2) is 34.0 Å². The number of aryl methyl sites for hydroxylation is 1. The Labute approximate surface area is 270 Å². The molecule has 0 saturated carbocycles. The quantitative estimate of drug-likeness (QED) is 0.219. The van der Waals surface area contributed by atoms with Gasteiger partial charge in [-0.3, -0.25) is 18.7 Å². The van der Waals surface area contributed by atoms with Crippen LogP contribution in [0.4, 0.5) is 4.39 Å². The van der Waals surface area contributed by atoms with E-state index in [2.05, 4.69) is 0 Å². The van der Waals surface area contributed by atoms with Crippen LogP contribution in [0.1, 0.15) is 23.6 Å². The van der Waals surface area contributed by atoms with Crippen LogP contribution in [0.15, 0.2) is 81.1 Å². The molecule has 12 heteroatoms. The molecule has 45 heavy (non-hydrogen) atoms. The first-order chi connectivity index (χ1) is 21.5. The Balaban J connectivity index is 1.63. The van der Waals surface area contributed by atoms with Crippen molar-refractivity contribution in [2.24, 2.45) is 7.05 Å². The molecule has 1 fully saturated rings. The highest BCUT2D eigenvalue weighted by molar-refractivity contribution is 14.1. The Morgan fingerprint density at radius 3 is 2.36 bits per heavy atom. The molecular weight excluding hydrogens is 697 g/mol. The molecular formula is C33H29FIN3O7. The zero-order valence-electron chi connectivity index (χ0n) is 24.9. The zero-order valence-corrected chi connectivity index (χ0v) is 27.1. The Morgan fingerprint density at radius 1 is 0.978 bits per heavy atom. The van der Waals surface area contributed by atoms with Gasteiger partial charge >= 0.3 is 5.69 Å². The summed E-state index contributed by atoms with van der Waals surface area (Å²) in [7, 11) is 2.96. The van der Waals surface area contributed by atoms with Gasteiger partial charge in [-0.15, -0.1) is 0 Å². The maximum Gasteiger partial charge on any atom is 0.337 e. The summed E-state index contributed by atoms with van der Waals surface area (Å²) in [4.78, 5) is 41.8. The van der Waals surface area contributed by atoms with E-state index in [9.17, 15) is 14.4 Å². The predicted molar refractivity (Wildman–Crippen MR) is 174 cm³/mol. The predicted octanol–water partition coefficient (Wildman–Crippen LogP) is 4.97. The maximum absolute atomic E-state index is 15.5. The van der Waals surface area contributed by atoms with Gasteiger partial charge in [-0.1, -0.05) is 24.3 Å². The molecule has 1 aliphatic rings. The molecule has 6 rings (SSSR count). The van der Waals surface area contributed by atoms with E-state index in [1.54, 1.807) is 42.5 Å². The van der Waals surface area contributed by atoms with E-state index in [1.165, 1.54) is 32.4 Å². The van der Waals surface area contributed by atoms with E-state index in [-0.39, 0.29) is 29.0 Å². The lowest BCUT2D eigenvalue weighted by Gasteiger charge is -2.26. The first kappa shape index (κ1) is 30.7. The molecule has 0 spiro atoms. The smallest absolute Gasteiger partial charge is 0.337 e. The Bertz CT molecular complexity index is 2130. The summed E-state index contributed by atoms with van der Waals surface area (Å²) in [5, 5.41) is -0.0763. The van der Waals surface area contributed by atoms with Crippen LogP contribution in [0.3, 0.4) is 0 Å². The standard InChI is InChI=1S/C33H29FIN3O7/c1-19-23(33(2)43-14-15-44-33)6-5-7-26(19)45-27-17-28(39)36(3)30-29(27)31(40)37(18-20-8-11-22(42-4)12-9-20)32(41)38(30)25-13-10-21(35)16-24(25)34/h5-13,16-17H,14-15,18H2,1-4H3/i32+1. The largest absolute Gasteiger partial charge is 0.497 e. The number of hydrogen-bond donors (Lipinski definition) is 0. The first-order valence-corrected chi connectivity index (χ1v) is 15.1. The maximum atomic E-state index is 15.5. The van der Waals surface area contributed by atoms with E-state index < -0.39 is 28.4 Å².